The van der Waals surface area contributed by atoms with Crippen LogP contribution in [0.5, 0.6) is 0 Å². The van der Waals surface area contributed by atoms with E-state index in [0.29, 0.717) is 6.10 Å². The van der Waals surface area contributed by atoms with Crippen LogP contribution >= 0.6 is 11.6 Å². The van der Waals surface area contributed by atoms with Crippen molar-refractivity contribution >= 4 is 17.3 Å². The van der Waals surface area contributed by atoms with Crippen molar-refractivity contribution in [3.05, 3.63) is 28.8 Å². The second-order valence-corrected chi connectivity index (χ2v) is 4.69. The van der Waals surface area contributed by atoms with E-state index in [-0.39, 0.29) is 0 Å². The van der Waals surface area contributed by atoms with E-state index in [1.807, 2.05) is 19.1 Å². The van der Waals surface area contributed by atoms with Crippen molar-refractivity contribution in [1.82, 2.24) is 0 Å². The normalized spacial score (nSPS) is 20.8. The van der Waals surface area contributed by atoms with E-state index in [1.165, 1.54) is 12.8 Å². The number of ether oxygens (including phenoxy) is 1. The Labute approximate surface area is 102 Å². The third kappa shape index (κ3) is 2.89. The third-order valence-corrected chi connectivity index (χ3v) is 3.47. The van der Waals surface area contributed by atoms with E-state index in [2.05, 4.69) is 11.4 Å². The summed E-state index contributed by atoms with van der Waals surface area (Å²) in [4.78, 5) is 0. The molecule has 16 heavy (non-hydrogen) atoms. The smallest absolute Gasteiger partial charge is 0.0747 e. The second kappa shape index (κ2) is 5.55. The van der Waals surface area contributed by atoms with Crippen LogP contribution in [0, 0.1) is 6.92 Å². The molecule has 0 amide bonds. The van der Waals surface area contributed by atoms with Gasteiger partial charge in [0.2, 0.25) is 0 Å². The van der Waals surface area contributed by atoms with Crippen LogP contribution in [0.15, 0.2) is 18.2 Å². The van der Waals surface area contributed by atoms with Crippen LogP contribution < -0.4 is 5.32 Å². The summed E-state index contributed by atoms with van der Waals surface area (Å²) in [6.45, 7) is 3.81. The fourth-order valence-electron chi connectivity index (χ4n) is 1.99. The van der Waals surface area contributed by atoms with E-state index in [4.69, 9.17) is 16.3 Å². The molecule has 0 saturated carbocycles. The Morgan fingerprint density at radius 3 is 3.06 bits per heavy atom. The van der Waals surface area contributed by atoms with Gasteiger partial charge in [0.05, 0.1) is 6.10 Å². The van der Waals surface area contributed by atoms with Crippen molar-refractivity contribution in [2.75, 3.05) is 18.5 Å². The first-order chi connectivity index (χ1) is 7.77. The van der Waals surface area contributed by atoms with Crippen LogP contribution in [0.1, 0.15) is 24.8 Å². The summed E-state index contributed by atoms with van der Waals surface area (Å²) in [5.41, 5.74) is 2.22. The van der Waals surface area contributed by atoms with Gasteiger partial charge in [-0.25, -0.2) is 0 Å². The van der Waals surface area contributed by atoms with Gasteiger partial charge < -0.3 is 10.1 Å². The molecule has 88 valence electrons. The predicted octanol–water partition coefficient (Wildman–Crippen LogP) is 3.63. The molecular formula is C13H18ClNO. The van der Waals surface area contributed by atoms with Crippen molar-refractivity contribution in [2.45, 2.75) is 32.3 Å². The van der Waals surface area contributed by atoms with Crippen LogP contribution in [0.2, 0.25) is 5.02 Å². The molecule has 2 rings (SSSR count). The molecule has 1 saturated heterocycles. The first kappa shape index (κ1) is 11.7. The fraction of sp³-hybridized carbons (Fsp3) is 0.538. The second-order valence-electron chi connectivity index (χ2n) is 4.28. The minimum absolute atomic E-state index is 0.354. The molecule has 0 bridgehead atoms. The van der Waals surface area contributed by atoms with E-state index in [1.54, 1.807) is 0 Å². The summed E-state index contributed by atoms with van der Waals surface area (Å²) in [7, 11) is 0. The lowest BCUT2D eigenvalue weighted by atomic mass is 10.1. The Bertz CT molecular complexity index is 348. The fourth-order valence-corrected chi connectivity index (χ4v) is 2.17. The van der Waals surface area contributed by atoms with E-state index in [0.717, 1.165) is 35.8 Å². The van der Waals surface area contributed by atoms with Gasteiger partial charge in [0, 0.05) is 23.9 Å². The van der Waals surface area contributed by atoms with Crippen LogP contribution in [0.4, 0.5) is 5.69 Å². The molecule has 1 heterocycles. The Balaban J connectivity index is 1.91. The maximum atomic E-state index is 6.06. The molecule has 1 fully saturated rings. The monoisotopic (exact) mass is 239 g/mol. The summed E-state index contributed by atoms with van der Waals surface area (Å²) in [5, 5.41) is 4.23. The zero-order valence-electron chi connectivity index (χ0n) is 9.63. The number of benzene rings is 1. The molecular weight excluding hydrogens is 222 g/mol. The molecule has 3 heteroatoms. The zero-order chi connectivity index (χ0) is 11.4. The highest BCUT2D eigenvalue weighted by atomic mass is 35.5. The third-order valence-electron chi connectivity index (χ3n) is 3.06. The molecule has 1 aliphatic heterocycles. The lowest BCUT2D eigenvalue weighted by Crippen LogP contribution is -2.27. The molecule has 1 unspecified atom stereocenters. The topological polar surface area (TPSA) is 21.3 Å². The minimum atomic E-state index is 0.354. The number of hydrogen-bond acceptors (Lipinski definition) is 2. The summed E-state index contributed by atoms with van der Waals surface area (Å²) in [5.74, 6) is 0. The van der Waals surface area contributed by atoms with E-state index in [9.17, 15) is 0 Å². The maximum Gasteiger partial charge on any atom is 0.0747 e. The van der Waals surface area contributed by atoms with Gasteiger partial charge in [0.1, 0.15) is 0 Å². The summed E-state index contributed by atoms with van der Waals surface area (Å²) >= 11 is 6.06. The number of rotatable bonds is 3. The maximum absolute atomic E-state index is 6.06. The highest BCUT2D eigenvalue weighted by Crippen LogP contribution is 2.23. The Morgan fingerprint density at radius 1 is 1.44 bits per heavy atom. The van der Waals surface area contributed by atoms with Crippen molar-refractivity contribution in [1.29, 1.82) is 0 Å². The molecule has 0 aromatic heterocycles. The van der Waals surface area contributed by atoms with E-state index < -0.39 is 0 Å². The molecule has 0 spiro atoms. The quantitative estimate of drug-likeness (QED) is 0.870. The van der Waals surface area contributed by atoms with Gasteiger partial charge in [-0.3, -0.25) is 0 Å². The van der Waals surface area contributed by atoms with Crippen LogP contribution in [0.25, 0.3) is 0 Å². The summed E-state index contributed by atoms with van der Waals surface area (Å²) in [6.07, 6.45) is 3.99. The molecule has 2 nitrogen and oxygen atoms in total. The average Bonchev–Trinajstić information content (AvgIpc) is 2.32. The molecule has 0 aliphatic carbocycles. The minimum Gasteiger partial charge on any atom is -0.382 e. The van der Waals surface area contributed by atoms with Crippen molar-refractivity contribution in [3.63, 3.8) is 0 Å². The van der Waals surface area contributed by atoms with Gasteiger partial charge in [-0.05, 0) is 43.9 Å². The Kier molecular flexibility index (Phi) is 4.08. The SMILES string of the molecule is Cc1c(Cl)cccc1NCC1CCCCO1. The highest BCUT2D eigenvalue weighted by molar-refractivity contribution is 6.31. The molecule has 0 radical (unpaired) electrons. The molecule has 1 aromatic rings. The van der Waals surface area contributed by atoms with Crippen molar-refractivity contribution in [2.24, 2.45) is 0 Å². The van der Waals surface area contributed by atoms with Crippen molar-refractivity contribution < 1.29 is 4.74 Å². The van der Waals surface area contributed by atoms with E-state index >= 15 is 0 Å². The lowest BCUT2D eigenvalue weighted by Gasteiger charge is -2.23. The molecule has 1 atom stereocenters. The van der Waals surface area contributed by atoms with Crippen LogP contribution in [-0.2, 0) is 4.74 Å². The van der Waals surface area contributed by atoms with Gasteiger partial charge in [-0.15, -0.1) is 0 Å². The first-order valence-corrected chi connectivity index (χ1v) is 6.26. The van der Waals surface area contributed by atoms with Gasteiger partial charge >= 0.3 is 0 Å². The van der Waals surface area contributed by atoms with Gasteiger partial charge in [0.25, 0.3) is 0 Å². The summed E-state index contributed by atoms with van der Waals surface area (Å²) < 4.78 is 5.67. The Morgan fingerprint density at radius 2 is 2.31 bits per heavy atom. The van der Waals surface area contributed by atoms with Crippen molar-refractivity contribution in [3.8, 4) is 0 Å². The van der Waals surface area contributed by atoms with Gasteiger partial charge in [0.15, 0.2) is 0 Å². The standard InChI is InChI=1S/C13H18ClNO/c1-10-12(14)6-4-7-13(10)15-9-11-5-2-3-8-16-11/h4,6-7,11,15H,2-3,5,8-9H2,1H3. The predicted molar refractivity (Wildman–Crippen MR) is 68.3 cm³/mol. The number of nitrogens with one attached hydrogen (secondary N) is 1. The number of halogens is 1. The molecule has 1 aliphatic rings. The van der Waals surface area contributed by atoms with Gasteiger partial charge in [-0.2, -0.15) is 0 Å². The summed E-state index contributed by atoms with van der Waals surface area (Å²) in [6, 6.07) is 5.95. The van der Waals surface area contributed by atoms with Crippen LogP contribution in [0.3, 0.4) is 0 Å². The molecule has 1 N–H and O–H groups in total. The lowest BCUT2D eigenvalue weighted by molar-refractivity contribution is 0.0247. The largest absolute Gasteiger partial charge is 0.382 e. The Hall–Kier alpha value is -0.730. The van der Waals surface area contributed by atoms with Crippen LogP contribution in [-0.4, -0.2) is 19.3 Å². The number of anilines is 1. The number of hydrogen-bond donors (Lipinski definition) is 1. The molecule has 1 aromatic carbocycles. The first-order valence-electron chi connectivity index (χ1n) is 5.88. The van der Waals surface area contributed by atoms with Gasteiger partial charge in [-0.1, -0.05) is 17.7 Å². The average molecular weight is 240 g/mol. The zero-order valence-corrected chi connectivity index (χ0v) is 10.4. The highest BCUT2D eigenvalue weighted by Gasteiger charge is 2.13.